The predicted octanol–water partition coefficient (Wildman–Crippen LogP) is 3.95. The molecule has 29 heavy (non-hydrogen) atoms. The molecule has 0 aliphatic carbocycles. The molecule has 0 bridgehead atoms. The normalized spacial score (nSPS) is 11.7. The van der Waals surface area contributed by atoms with E-state index >= 15 is 0 Å². The van der Waals surface area contributed by atoms with Crippen molar-refractivity contribution in [1.29, 1.82) is 0 Å². The summed E-state index contributed by atoms with van der Waals surface area (Å²) in [6.07, 6.45) is -0.272. The van der Waals surface area contributed by atoms with E-state index in [0.717, 1.165) is 5.75 Å². The van der Waals surface area contributed by atoms with Crippen LogP contribution in [0.15, 0.2) is 53.7 Å². The minimum absolute atomic E-state index is 0.0333. The SMILES string of the molecule is COc1ccc(C(=O)CSc2nnc(C(C)Oc3ccccc3)n2C)cc1OC. The Hall–Kier alpha value is -3.00. The van der Waals surface area contributed by atoms with Gasteiger partial charge in [0.05, 0.1) is 20.0 Å². The standard InChI is InChI=1S/C21H23N3O4S/c1-14(28-16-8-6-5-7-9-16)20-22-23-21(24(20)2)29-13-17(25)15-10-11-18(26-3)19(12-15)27-4/h5-12,14H,13H2,1-4H3. The highest BCUT2D eigenvalue weighted by Gasteiger charge is 2.19. The van der Waals surface area contributed by atoms with Gasteiger partial charge in [0.15, 0.2) is 34.4 Å². The fraction of sp³-hybridized carbons (Fsp3) is 0.286. The van der Waals surface area contributed by atoms with E-state index in [1.165, 1.54) is 11.8 Å². The molecule has 8 heteroatoms. The summed E-state index contributed by atoms with van der Waals surface area (Å²) < 4.78 is 18.2. The summed E-state index contributed by atoms with van der Waals surface area (Å²) in [6.45, 7) is 1.92. The first-order valence-corrected chi connectivity index (χ1v) is 10.0. The maximum absolute atomic E-state index is 12.6. The Morgan fingerprint density at radius 3 is 2.48 bits per heavy atom. The largest absolute Gasteiger partial charge is 0.493 e. The van der Waals surface area contributed by atoms with Gasteiger partial charge in [-0.15, -0.1) is 10.2 Å². The van der Waals surface area contributed by atoms with Gasteiger partial charge in [-0.1, -0.05) is 30.0 Å². The van der Waals surface area contributed by atoms with Gasteiger partial charge in [0, 0.05) is 12.6 Å². The van der Waals surface area contributed by atoms with Crippen molar-refractivity contribution in [2.75, 3.05) is 20.0 Å². The van der Waals surface area contributed by atoms with E-state index in [2.05, 4.69) is 10.2 Å². The lowest BCUT2D eigenvalue weighted by Crippen LogP contribution is -2.10. The van der Waals surface area contributed by atoms with Gasteiger partial charge in [0.1, 0.15) is 5.75 Å². The second kappa shape index (κ2) is 9.47. The fourth-order valence-electron chi connectivity index (χ4n) is 2.78. The van der Waals surface area contributed by atoms with Crippen LogP contribution in [0.3, 0.4) is 0 Å². The molecular weight excluding hydrogens is 390 g/mol. The number of thioether (sulfide) groups is 1. The Morgan fingerprint density at radius 1 is 1.07 bits per heavy atom. The van der Waals surface area contributed by atoms with Crippen LogP contribution in [-0.4, -0.2) is 40.5 Å². The Morgan fingerprint density at radius 2 is 1.79 bits per heavy atom. The highest BCUT2D eigenvalue weighted by Crippen LogP contribution is 2.29. The van der Waals surface area contributed by atoms with Gasteiger partial charge < -0.3 is 18.8 Å². The molecule has 1 aromatic heterocycles. The molecule has 0 fully saturated rings. The third-order valence-electron chi connectivity index (χ3n) is 4.33. The number of ether oxygens (including phenoxy) is 3. The lowest BCUT2D eigenvalue weighted by atomic mass is 10.1. The van der Waals surface area contributed by atoms with Crippen molar-refractivity contribution >= 4 is 17.5 Å². The number of hydrogen-bond donors (Lipinski definition) is 0. The molecule has 1 atom stereocenters. The highest BCUT2D eigenvalue weighted by atomic mass is 32.2. The molecule has 3 aromatic rings. The van der Waals surface area contributed by atoms with E-state index in [-0.39, 0.29) is 17.6 Å². The van der Waals surface area contributed by atoms with Gasteiger partial charge in [-0.25, -0.2) is 0 Å². The number of nitrogens with zero attached hydrogens (tertiary/aromatic N) is 3. The van der Waals surface area contributed by atoms with Crippen molar-refractivity contribution < 1.29 is 19.0 Å². The quantitative estimate of drug-likeness (QED) is 0.388. The summed E-state index contributed by atoms with van der Waals surface area (Å²) in [4.78, 5) is 12.6. The third-order valence-corrected chi connectivity index (χ3v) is 5.35. The number of para-hydroxylation sites is 1. The van der Waals surface area contributed by atoms with Crippen LogP contribution < -0.4 is 14.2 Å². The van der Waals surface area contributed by atoms with Gasteiger partial charge in [0.2, 0.25) is 0 Å². The summed E-state index contributed by atoms with van der Waals surface area (Å²) in [7, 11) is 4.97. The molecule has 3 rings (SSSR count). The third kappa shape index (κ3) is 4.89. The number of aromatic nitrogens is 3. The average Bonchev–Trinajstić information content (AvgIpc) is 3.12. The van der Waals surface area contributed by atoms with Crippen LogP contribution in [0.25, 0.3) is 0 Å². The van der Waals surface area contributed by atoms with Gasteiger partial charge in [-0.2, -0.15) is 0 Å². The first-order valence-electron chi connectivity index (χ1n) is 9.02. The van der Waals surface area contributed by atoms with Crippen molar-refractivity contribution in [3.63, 3.8) is 0 Å². The topological polar surface area (TPSA) is 75.5 Å². The van der Waals surface area contributed by atoms with Crippen LogP contribution in [0.5, 0.6) is 17.2 Å². The van der Waals surface area contributed by atoms with Gasteiger partial charge in [-0.3, -0.25) is 4.79 Å². The minimum Gasteiger partial charge on any atom is -0.493 e. The van der Waals surface area contributed by atoms with E-state index in [9.17, 15) is 4.79 Å². The molecule has 7 nitrogen and oxygen atoms in total. The predicted molar refractivity (Wildman–Crippen MR) is 111 cm³/mol. The number of carbonyl (C=O) groups excluding carboxylic acids is 1. The van der Waals surface area contributed by atoms with Crippen molar-refractivity contribution in [2.45, 2.75) is 18.2 Å². The molecule has 0 amide bonds. The van der Waals surface area contributed by atoms with E-state index in [4.69, 9.17) is 14.2 Å². The van der Waals surface area contributed by atoms with Crippen molar-refractivity contribution in [2.24, 2.45) is 7.05 Å². The second-order valence-electron chi connectivity index (χ2n) is 6.25. The lowest BCUT2D eigenvalue weighted by molar-refractivity contribution is 0.102. The van der Waals surface area contributed by atoms with E-state index < -0.39 is 0 Å². The number of Topliss-reactive ketones (excluding diaryl/α,β-unsaturated/α-hetero) is 1. The fourth-order valence-corrected chi connectivity index (χ4v) is 3.60. The number of carbonyl (C=O) groups is 1. The summed E-state index contributed by atoms with van der Waals surface area (Å²) in [5, 5.41) is 9.09. The minimum atomic E-state index is -0.272. The maximum Gasteiger partial charge on any atom is 0.191 e. The molecule has 0 saturated heterocycles. The molecule has 1 heterocycles. The van der Waals surface area contributed by atoms with Crippen LogP contribution in [0, 0.1) is 0 Å². The van der Waals surface area contributed by atoms with Crippen molar-refractivity contribution in [3.05, 3.63) is 59.9 Å². The summed E-state index contributed by atoms with van der Waals surface area (Å²) >= 11 is 1.33. The second-order valence-corrected chi connectivity index (χ2v) is 7.20. The van der Waals surface area contributed by atoms with Crippen molar-refractivity contribution in [1.82, 2.24) is 14.8 Å². The van der Waals surface area contributed by atoms with Crippen LogP contribution in [0.1, 0.15) is 29.2 Å². The molecule has 2 aromatic carbocycles. The zero-order chi connectivity index (χ0) is 20.8. The molecule has 0 aliphatic heterocycles. The lowest BCUT2D eigenvalue weighted by Gasteiger charge is -2.14. The number of methoxy groups -OCH3 is 2. The molecule has 1 unspecified atom stereocenters. The molecule has 0 aliphatic rings. The first-order chi connectivity index (χ1) is 14.0. The number of ketones is 1. The first kappa shape index (κ1) is 20.7. The molecule has 0 saturated carbocycles. The Bertz CT molecular complexity index is 975. The molecule has 152 valence electrons. The Balaban J connectivity index is 1.65. The van der Waals surface area contributed by atoms with Crippen LogP contribution in [0.2, 0.25) is 0 Å². The van der Waals surface area contributed by atoms with Crippen LogP contribution >= 0.6 is 11.8 Å². The number of hydrogen-bond acceptors (Lipinski definition) is 7. The van der Waals surface area contributed by atoms with Crippen molar-refractivity contribution in [3.8, 4) is 17.2 Å². The molecule has 0 spiro atoms. The average molecular weight is 413 g/mol. The summed E-state index contributed by atoms with van der Waals surface area (Å²) in [6, 6.07) is 14.7. The summed E-state index contributed by atoms with van der Waals surface area (Å²) in [5.41, 5.74) is 0.554. The smallest absolute Gasteiger partial charge is 0.191 e. The monoisotopic (exact) mass is 413 g/mol. The Labute approximate surface area is 174 Å². The zero-order valence-electron chi connectivity index (χ0n) is 16.8. The van der Waals surface area contributed by atoms with E-state index in [1.54, 1.807) is 32.4 Å². The van der Waals surface area contributed by atoms with Crippen LogP contribution in [-0.2, 0) is 7.05 Å². The highest BCUT2D eigenvalue weighted by molar-refractivity contribution is 7.99. The molecule has 0 radical (unpaired) electrons. The molecule has 0 N–H and O–H groups in total. The summed E-state index contributed by atoms with van der Waals surface area (Å²) in [5.74, 6) is 2.76. The number of rotatable bonds is 9. The van der Waals surface area contributed by atoms with Gasteiger partial charge in [0.25, 0.3) is 0 Å². The maximum atomic E-state index is 12.6. The van der Waals surface area contributed by atoms with Gasteiger partial charge >= 0.3 is 0 Å². The van der Waals surface area contributed by atoms with Gasteiger partial charge in [-0.05, 0) is 37.3 Å². The van der Waals surface area contributed by atoms with Crippen LogP contribution in [0.4, 0.5) is 0 Å². The van der Waals surface area contributed by atoms with E-state index in [0.29, 0.717) is 28.0 Å². The number of benzene rings is 2. The van der Waals surface area contributed by atoms with E-state index in [1.807, 2.05) is 48.9 Å². The zero-order valence-corrected chi connectivity index (χ0v) is 17.6. The molecular formula is C21H23N3O4S. The Kier molecular flexibility index (Phi) is 6.77.